The second-order valence-corrected chi connectivity index (χ2v) is 6.44. The quantitative estimate of drug-likeness (QED) is 0.719. The van der Waals surface area contributed by atoms with Crippen LogP contribution in [-0.4, -0.2) is 17.6 Å². The third-order valence-corrected chi connectivity index (χ3v) is 3.82. The van der Waals surface area contributed by atoms with Gasteiger partial charge in [0.15, 0.2) is 0 Å². The van der Waals surface area contributed by atoms with Gasteiger partial charge in [0.2, 0.25) is 0 Å². The fourth-order valence-electron chi connectivity index (χ4n) is 0.633. The molecule has 70 valence electrons. The van der Waals surface area contributed by atoms with E-state index in [1.807, 2.05) is 6.26 Å². The van der Waals surface area contributed by atoms with E-state index in [2.05, 4.69) is 27.7 Å². The molecular formula is C8H21NOS. The Morgan fingerprint density at radius 2 is 1.82 bits per heavy atom. The van der Waals surface area contributed by atoms with Crippen LogP contribution in [0.4, 0.5) is 0 Å². The first kappa shape index (κ1) is 11.3. The number of hydrogen-bond donors (Lipinski definition) is 1. The van der Waals surface area contributed by atoms with E-state index in [1.54, 1.807) is 0 Å². The van der Waals surface area contributed by atoms with Gasteiger partial charge in [0.05, 0.1) is 5.60 Å². The van der Waals surface area contributed by atoms with Crippen LogP contribution >= 0.6 is 10.5 Å². The van der Waals surface area contributed by atoms with E-state index in [4.69, 9.17) is 9.32 Å². The Balaban J connectivity index is 4.02. The average molecular weight is 179 g/mol. The molecule has 0 rings (SSSR count). The second kappa shape index (κ2) is 3.78. The van der Waals surface area contributed by atoms with Crippen LogP contribution in [0, 0.1) is 0 Å². The maximum Gasteiger partial charge on any atom is 0.0764 e. The van der Waals surface area contributed by atoms with Gasteiger partial charge in [0.25, 0.3) is 0 Å². The van der Waals surface area contributed by atoms with Gasteiger partial charge in [0, 0.05) is 5.75 Å². The molecule has 0 fully saturated rings. The summed E-state index contributed by atoms with van der Waals surface area (Å²) < 4.78 is 5.78. The SMILES string of the molecule is CCC(C)(C)OS(C)(N)CC. The lowest BCUT2D eigenvalue weighted by Gasteiger charge is -2.38. The fraction of sp³-hybridized carbons (Fsp3) is 1.00. The Morgan fingerprint density at radius 3 is 2.09 bits per heavy atom. The third-order valence-electron chi connectivity index (χ3n) is 1.84. The van der Waals surface area contributed by atoms with Crippen molar-refractivity contribution < 1.29 is 4.18 Å². The average Bonchev–Trinajstić information content (AvgIpc) is 1.86. The Bertz CT molecular complexity index is 109. The lowest BCUT2D eigenvalue weighted by atomic mass is 10.1. The highest BCUT2D eigenvalue weighted by Crippen LogP contribution is 2.41. The Kier molecular flexibility index (Phi) is 3.88. The molecule has 0 heterocycles. The minimum absolute atomic E-state index is 0.0607. The molecule has 1 atom stereocenters. The van der Waals surface area contributed by atoms with Gasteiger partial charge < -0.3 is 4.18 Å². The van der Waals surface area contributed by atoms with E-state index >= 15 is 0 Å². The molecule has 0 saturated carbocycles. The molecule has 1 unspecified atom stereocenters. The summed E-state index contributed by atoms with van der Waals surface area (Å²) in [6.45, 7) is 8.35. The van der Waals surface area contributed by atoms with Gasteiger partial charge >= 0.3 is 0 Å². The van der Waals surface area contributed by atoms with Crippen LogP contribution in [0.3, 0.4) is 0 Å². The molecule has 0 spiro atoms. The van der Waals surface area contributed by atoms with Gasteiger partial charge in [0.1, 0.15) is 0 Å². The summed E-state index contributed by atoms with van der Waals surface area (Å²) in [5, 5.41) is 5.94. The van der Waals surface area contributed by atoms with Crippen molar-refractivity contribution in [2.45, 2.75) is 39.7 Å². The van der Waals surface area contributed by atoms with Crippen molar-refractivity contribution in [2.24, 2.45) is 5.14 Å². The molecule has 0 aliphatic heterocycles. The van der Waals surface area contributed by atoms with E-state index in [-0.39, 0.29) is 5.60 Å². The molecule has 0 amide bonds. The third kappa shape index (κ3) is 4.67. The molecule has 2 nitrogen and oxygen atoms in total. The van der Waals surface area contributed by atoms with Crippen molar-refractivity contribution >= 4 is 10.5 Å². The van der Waals surface area contributed by atoms with Crippen LogP contribution in [0.25, 0.3) is 0 Å². The van der Waals surface area contributed by atoms with Gasteiger partial charge in [-0.05, 0) is 26.5 Å². The van der Waals surface area contributed by atoms with Crippen LogP contribution in [-0.2, 0) is 4.18 Å². The summed E-state index contributed by atoms with van der Waals surface area (Å²) >= 11 is 0. The summed E-state index contributed by atoms with van der Waals surface area (Å²) in [4.78, 5) is 0. The van der Waals surface area contributed by atoms with Crippen molar-refractivity contribution in [3.05, 3.63) is 0 Å². The standard InChI is InChI=1S/C8H21NOS/c1-6-8(3,4)10-11(5,9)7-2/h6-7,9H2,1-5H3. The van der Waals surface area contributed by atoms with Crippen molar-refractivity contribution in [1.82, 2.24) is 0 Å². The molecule has 0 aliphatic rings. The van der Waals surface area contributed by atoms with Crippen molar-refractivity contribution in [1.29, 1.82) is 0 Å². The van der Waals surface area contributed by atoms with Crippen molar-refractivity contribution in [3.8, 4) is 0 Å². The topological polar surface area (TPSA) is 35.2 Å². The lowest BCUT2D eigenvalue weighted by Crippen LogP contribution is -2.29. The van der Waals surface area contributed by atoms with E-state index in [9.17, 15) is 0 Å². The maximum absolute atomic E-state index is 5.94. The first-order valence-corrected chi connectivity index (χ1v) is 6.27. The highest BCUT2D eigenvalue weighted by Gasteiger charge is 2.23. The summed E-state index contributed by atoms with van der Waals surface area (Å²) in [5.74, 6) is 0.927. The van der Waals surface area contributed by atoms with Crippen LogP contribution < -0.4 is 5.14 Å². The molecule has 0 saturated heterocycles. The molecule has 0 aromatic heterocycles. The van der Waals surface area contributed by atoms with E-state index in [1.165, 1.54) is 0 Å². The van der Waals surface area contributed by atoms with Crippen molar-refractivity contribution in [3.63, 3.8) is 0 Å². The second-order valence-electron chi connectivity index (χ2n) is 3.56. The zero-order valence-electron chi connectivity index (χ0n) is 8.31. The molecule has 0 aromatic carbocycles. The van der Waals surface area contributed by atoms with Gasteiger partial charge in [-0.25, -0.2) is 0 Å². The minimum atomic E-state index is -1.29. The molecular weight excluding hydrogens is 158 g/mol. The predicted octanol–water partition coefficient (Wildman–Crippen LogP) is 2.43. The Morgan fingerprint density at radius 1 is 1.36 bits per heavy atom. The van der Waals surface area contributed by atoms with Gasteiger partial charge in [-0.3, -0.25) is 5.14 Å². The monoisotopic (exact) mass is 179 g/mol. The molecule has 3 heteroatoms. The van der Waals surface area contributed by atoms with Crippen LogP contribution in [0.1, 0.15) is 34.1 Å². The van der Waals surface area contributed by atoms with E-state index < -0.39 is 10.5 Å². The van der Waals surface area contributed by atoms with Gasteiger partial charge in [-0.1, -0.05) is 24.3 Å². The van der Waals surface area contributed by atoms with E-state index in [0.29, 0.717) is 0 Å². The Labute approximate surface area is 72.2 Å². The first-order chi connectivity index (χ1) is 4.83. The largest absolute Gasteiger partial charge is 0.318 e. The number of rotatable bonds is 4. The normalized spacial score (nSPS) is 20.9. The van der Waals surface area contributed by atoms with Crippen LogP contribution in [0.2, 0.25) is 0 Å². The van der Waals surface area contributed by atoms with Gasteiger partial charge in [-0.2, -0.15) is 0 Å². The van der Waals surface area contributed by atoms with Gasteiger partial charge in [-0.15, -0.1) is 0 Å². The minimum Gasteiger partial charge on any atom is -0.318 e. The van der Waals surface area contributed by atoms with E-state index in [0.717, 1.165) is 12.2 Å². The maximum atomic E-state index is 5.94. The molecule has 0 bridgehead atoms. The van der Waals surface area contributed by atoms with Crippen LogP contribution in [0.15, 0.2) is 0 Å². The van der Waals surface area contributed by atoms with Crippen molar-refractivity contribution in [2.75, 3.05) is 12.0 Å². The zero-order valence-corrected chi connectivity index (χ0v) is 9.12. The molecule has 0 aliphatic carbocycles. The molecule has 2 N–H and O–H groups in total. The smallest absolute Gasteiger partial charge is 0.0764 e. The zero-order chi connectivity index (χ0) is 9.12. The fourth-order valence-corrected chi connectivity index (χ4v) is 1.90. The molecule has 0 aromatic rings. The lowest BCUT2D eigenvalue weighted by molar-refractivity contribution is 0.127. The number of hydrogen-bond acceptors (Lipinski definition) is 2. The summed E-state index contributed by atoms with van der Waals surface area (Å²) in [7, 11) is -1.29. The summed E-state index contributed by atoms with van der Waals surface area (Å²) in [5.41, 5.74) is -0.0607. The summed E-state index contributed by atoms with van der Waals surface area (Å²) in [6, 6.07) is 0. The summed E-state index contributed by atoms with van der Waals surface area (Å²) in [6.07, 6.45) is 3.01. The first-order valence-electron chi connectivity index (χ1n) is 4.07. The number of nitrogens with two attached hydrogens (primary N) is 1. The highest BCUT2D eigenvalue weighted by molar-refractivity contribution is 8.27. The Hall–Kier alpha value is 0.270. The molecule has 11 heavy (non-hydrogen) atoms. The molecule has 0 radical (unpaired) electrons. The predicted molar refractivity (Wildman–Crippen MR) is 53.7 cm³/mol. The van der Waals surface area contributed by atoms with Crippen LogP contribution in [0.5, 0.6) is 0 Å². The highest BCUT2D eigenvalue weighted by atomic mass is 32.3.